The monoisotopic (exact) mass is 257 g/mol. The Labute approximate surface area is 111 Å². The van der Waals surface area contributed by atoms with Gasteiger partial charge in [0.2, 0.25) is 5.43 Å². The number of carbonyl (C=O) groups excluding carboxylic acids is 1. The van der Waals surface area contributed by atoms with Gasteiger partial charge in [-0.15, -0.1) is 0 Å². The molecule has 0 aliphatic heterocycles. The van der Waals surface area contributed by atoms with E-state index in [1.807, 2.05) is 37.3 Å². The molecule has 19 heavy (non-hydrogen) atoms. The molecule has 0 aliphatic carbocycles. The number of nitrogens with zero attached hydrogens (tertiary/aromatic N) is 1. The molecule has 0 aliphatic rings. The summed E-state index contributed by atoms with van der Waals surface area (Å²) in [7, 11) is 0. The topological polar surface area (TPSA) is 48.3 Å². The molecule has 4 nitrogen and oxygen atoms in total. The largest absolute Gasteiger partial charge is 0.483 e. The van der Waals surface area contributed by atoms with Crippen molar-refractivity contribution in [3.05, 3.63) is 64.1 Å². The highest BCUT2D eigenvalue weighted by atomic mass is 16.5. The first-order chi connectivity index (χ1) is 9.24. The van der Waals surface area contributed by atoms with Crippen LogP contribution in [0.5, 0.6) is 5.75 Å². The van der Waals surface area contributed by atoms with Crippen LogP contribution in [0, 0.1) is 0 Å². The first-order valence-electron chi connectivity index (χ1n) is 6.11. The summed E-state index contributed by atoms with van der Waals surface area (Å²) in [5.41, 5.74) is 1.08. The highest BCUT2D eigenvalue weighted by molar-refractivity contribution is 5.72. The summed E-state index contributed by atoms with van der Waals surface area (Å²) in [4.78, 5) is 22.6. The van der Waals surface area contributed by atoms with Gasteiger partial charge in [-0.1, -0.05) is 30.3 Å². The van der Waals surface area contributed by atoms with Crippen molar-refractivity contribution in [3.63, 3.8) is 0 Å². The molecular formula is C15H15NO3. The van der Waals surface area contributed by atoms with Crippen LogP contribution in [-0.4, -0.2) is 10.9 Å². The maximum Gasteiger partial charge on any atom is 0.224 e. The smallest absolute Gasteiger partial charge is 0.224 e. The van der Waals surface area contributed by atoms with E-state index in [0.29, 0.717) is 25.1 Å². The SMILES string of the molecule is CCn1cc(OCc2ccccc2)c(=O)cc1C=O. The van der Waals surface area contributed by atoms with Gasteiger partial charge in [0.1, 0.15) is 6.61 Å². The maximum absolute atomic E-state index is 11.8. The predicted molar refractivity (Wildman–Crippen MR) is 72.5 cm³/mol. The van der Waals surface area contributed by atoms with Gasteiger partial charge in [0.05, 0.1) is 11.9 Å². The number of aromatic nitrogens is 1. The summed E-state index contributed by atoms with van der Waals surface area (Å²) >= 11 is 0. The third-order valence-electron chi connectivity index (χ3n) is 2.83. The Morgan fingerprint density at radius 2 is 2.00 bits per heavy atom. The predicted octanol–water partition coefficient (Wildman–Crippen LogP) is 2.26. The first-order valence-corrected chi connectivity index (χ1v) is 6.11. The molecule has 0 unspecified atom stereocenters. The van der Waals surface area contributed by atoms with Gasteiger partial charge in [-0.25, -0.2) is 0 Å². The highest BCUT2D eigenvalue weighted by Crippen LogP contribution is 2.09. The number of ether oxygens (including phenoxy) is 1. The molecule has 0 saturated heterocycles. The molecule has 0 amide bonds. The van der Waals surface area contributed by atoms with Crippen molar-refractivity contribution < 1.29 is 9.53 Å². The summed E-state index contributed by atoms with van der Waals surface area (Å²) in [5.74, 6) is 0.260. The van der Waals surface area contributed by atoms with E-state index in [1.54, 1.807) is 10.8 Å². The molecule has 4 heteroatoms. The van der Waals surface area contributed by atoms with E-state index < -0.39 is 0 Å². The van der Waals surface area contributed by atoms with Crippen LogP contribution in [0.2, 0.25) is 0 Å². The maximum atomic E-state index is 11.8. The third kappa shape index (κ3) is 3.10. The molecule has 0 radical (unpaired) electrons. The van der Waals surface area contributed by atoms with Crippen LogP contribution in [0.15, 0.2) is 47.4 Å². The number of aryl methyl sites for hydroxylation is 1. The second-order valence-electron chi connectivity index (χ2n) is 4.10. The zero-order valence-electron chi connectivity index (χ0n) is 10.7. The zero-order chi connectivity index (χ0) is 13.7. The summed E-state index contributed by atoms with van der Waals surface area (Å²) in [6.45, 7) is 2.84. The molecule has 0 saturated carbocycles. The van der Waals surface area contributed by atoms with Gasteiger partial charge in [-0.05, 0) is 12.5 Å². The van der Waals surface area contributed by atoms with Crippen LogP contribution < -0.4 is 10.2 Å². The van der Waals surface area contributed by atoms with E-state index in [2.05, 4.69) is 0 Å². The van der Waals surface area contributed by atoms with Crippen LogP contribution >= 0.6 is 0 Å². The van der Waals surface area contributed by atoms with Gasteiger partial charge < -0.3 is 9.30 Å². The average Bonchev–Trinajstić information content (AvgIpc) is 2.46. The zero-order valence-corrected chi connectivity index (χ0v) is 10.7. The Hall–Kier alpha value is -2.36. The Morgan fingerprint density at radius 3 is 2.63 bits per heavy atom. The van der Waals surface area contributed by atoms with E-state index in [0.717, 1.165) is 5.56 Å². The molecule has 0 spiro atoms. The Morgan fingerprint density at radius 1 is 1.26 bits per heavy atom. The molecule has 1 aromatic carbocycles. The quantitative estimate of drug-likeness (QED) is 0.772. The summed E-state index contributed by atoms with van der Waals surface area (Å²) in [6.07, 6.45) is 2.25. The fourth-order valence-electron chi connectivity index (χ4n) is 1.79. The van der Waals surface area contributed by atoms with Crippen molar-refractivity contribution in [2.45, 2.75) is 20.1 Å². The molecule has 1 heterocycles. The van der Waals surface area contributed by atoms with Crippen molar-refractivity contribution in [1.82, 2.24) is 4.57 Å². The van der Waals surface area contributed by atoms with Gasteiger partial charge in [0.15, 0.2) is 12.0 Å². The van der Waals surface area contributed by atoms with Gasteiger partial charge in [0, 0.05) is 12.6 Å². The lowest BCUT2D eigenvalue weighted by molar-refractivity contribution is 0.111. The van der Waals surface area contributed by atoms with Gasteiger partial charge in [-0.3, -0.25) is 9.59 Å². The molecule has 2 aromatic rings. The van der Waals surface area contributed by atoms with Crippen LogP contribution in [0.1, 0.15) is 23.0 Å². The minimum atomic E-state index is -0.275. The number of rotatable bonds is 5. The number of aldehydes is 1. The van der Waals surface area contributed by atoms with E-state index in [9.17, 15) is 9.59 Å². The molecule has 0 atom stereocenters. The molecule has 0 bridgehead atoms. The third-order valence-corrected chi connectivity index (χ3v) is 2.83. The second-order valence-corrected chi connectivity index (χ2v) is 4.10. The number of hydrogen-bond acceptors (Lipinski definition) is 3. The normalized spacial score (nSPS) is 10.2. The molecule has 1 aromatic heterocycles. The minimum Gasteiger partial charge on any atom is -0.483 e. The summed E-state index contributed by atoms with van der Waals surface area (Å²) in [5, 5.41) is 0. The molecule has 0 N–H and O–H groups in total. The minimum absolute atomic E-state index is 0.260. The molecule has 98 valence electrons. The van der Waals surface area contributed by atoms with Gasteiger partial charge >= 0.3 is 0 Å². The Kier molecular flexibility index (Phi) is 4.13. The number of pyridine rings is 1. The van der Waals surface area contributed by atoms with Crippen molar-refractivity contribution in [2.24, 2.45) is 0 Å². The molecule has 2 rings (SSSR count). The van der Waals surface area contributed by atoms with Crippen LogP contribution in [0.25, 0.3) is 0 Å². The Balaban J connectivity index is 2.21. The standard InChI is InChI=1S/C15H15NO3/c1-2-16-9-15(14(18)8-13(16)10-17)19-11-12-6-4-3-5-7-12/h3-10H,2,11H2,1H3. The van der Waals surface area contributed by atoms with Crippen molar-refractivity contribution in [1.29, 1.82) is 0 Å². The number of hydrogen-bond donors (Lipinski definition) is 0. The Bertz CT molecular complexity index is 617. The highest BCUT2D eigenvalue weighted by Gasteiger charge is 2.06. The van der Waals surface area contributed by atoms with Crippen LogP contribution in [-0.2, 0) is 13.2 Å². The van der Waals surface area contributed by atoms with E-state index in [4.69, 9.17) is 4.74 Å². The molecular weight excluding hydrogens is 242 g/mol. The van der Waals surface area contributed by atoms with Gasteiger partial charge in [-0.2, -0.15) is 0 Å². The average molecular weight is 257 g/mol. The van der Waals surface area contributed by atoms with Gasteiger partial charge in [0.25, 0.3) is 0 Å². The fourth-order valence-corrected chi connectivity index (χ4v) is 1.79. The summed E-state index contributed by atoms with van der Waals surface area (Å²) < 4.78 is 7.20. The first kappa shape index (κ1) is 13.1. The van der Waals surface area contributed by atoms with Crippen molar-refractivity contribution >= 4 is 6.29 Å². The van der Waals surface area contributed by atoms with E-state index >= 15 is 0 Å². The van der Waals surface area contributed by atoms with Crippen molar-refractivity contribution in [2.75, 3.05) is 0 Å². The second kappa shape index (κ2) is 6.00. The lowest BCUT2D eigenvalue weighted by atomic mass is 10.2. The van der Waals surface area contributed by atoms with E-state index in [-0.39, 0.29) is 11.2 Å². The van der Waals surface area contributed by atoms with Crippen LogP contribution in [0.3, 0.4) is 0 Å². The lowest BCUT2D eigenvalue weighted by Gasteiger charge is -2.10. The summed E-state index contributed by atoms with van der Waals surface area (Å²) in [6, 6.07) is 10.9. The van der Waals surface area contributed by atoms with E-state index in [1.165, 1.54) is 6.07 Å². The van der Waals surface area contributed by atoms with Crippen molar-refractivity contribution in [3.8, 4) is 5.75 Å². The fraction of sp³-hybridized carbons (Fsp3) is 0.200. The lowest BCUT2D eigenvalue weighted by Crippen LogP contribution is -2.14. The number of benzene rings is 1. The molecule has 0 fully saturated rings. The number of carbonyl (C=O) groups is 1. The van der Waals surface area contributed by atoms with Crippen LogP contribution in [0.4, 0.5) is 0 Å².